The van der Waals surface area contributed by atoms with Crippen molar-refractivity contribution in [2.45, 2.75) is 31.9 Å². The third kappa shape index (κ3) is 4.04. The number of carbonyl (C=O) groups is 1. The van der Waals surface area contributed by atoms with Crippen LogP contribution in [0.1, 0.15) is 24.0 Å². The van der Waals surface area contributed by atoms with Gasteiger partial charge in [0.2, 0.25) is 0 Å². The van der Waals surface area contributed by atoms with Crippen molar-refractivity contribution in [1.29, 1.82) is 0 Å². The Morgan fingerprint density at radius 3 is 2.53 bits per heavy atom. The highest BCUT2D eigenvalue weighted by atomic mass is 16.4. The SMILES string of the molecule is CN(Cc1ccccc1CC(=O)O)CC1CC(O)C1. The Labute approximate surface area is 113 Å². The number of aliphatic carboxylic acids is 1. The minimum atomic E-state index is -0.794. The van der Waals surface area contributed by atoms with Crippen molar-refractivity contribution < 1.29 is 15.0 Å². The average molecular weight is 263 g/mol. The monoisotopic (exact) mass is 263 g/mol. The molecular weight excluding hydrogens is 242 g/mol. The largest absolute Gasteiger partial charge is 0.481 e. The van der Waals surface area contributed by atoms with Crippen LogP contribution in [0.15, 0.2) is 24.3 Å². The predicted molar refractivity (Wildman–Crippen MR) is 72.8 cm³/mol. The van der Waals surface area contributed by atoms with Crippen LogP contribution >= 0.6 is 0 Å². The van der Waals surface area contributed by atoms with Crippen LogP contribution in [0.25, 0.3) is 0 Å². The van der Waals surface area contributed by atoms with Gasteiger partial charge in [0.05, 0.1) is 12.5 Å². The number of carboxylic acids is 1. The quantitative estimate of drug-likeness (QED) is 0.817. The standard InChI is InChI=1S/C15H21NO3/c1-16(9-11-6-14(17)7-11)10-13-5-3-2-4-12(13)8-15(18)19/h2-5,11,14,17H,6-10H2,1H3,(H,18,19). The first kappa shape index (κ1) is 14.0. The Kier molecular flexibility index (Phi) is 4.56. The van der Waals surface area contributed by atoms with Crippen LogP contribution < -0.4 is 0 Å². The maximum Gasteiger partial charge on any atom is 0.307 e. The fourth-order valence-corrected chi connectivity index (χ4v) is 2.69. The molecule has 1 fully saturated rings. The number of aliphatic hydroxyl groups is 1. The summed E-state index contributed by atoms with van der Waals surface area (Å²) in [7, 11) is 2.04. The molecule has 1 aromatic rings. The Morgan fingerprint density at radius 2 is 1.95 bits per heavy atom. The molecule has 2 rings (SSSR count). The van der Waals surface area contributed by atoms with Crippen LogP contribution in [0.4, 0.5) is 0 Å². The van der Waals surface area contributed by atoms with Gasteiger partial charge in [0.15, 0.2) is 0 Å². The second kappa shape index (κ2) is 6.17. The summed E-state index contributed by atoms with van der Waals surface area (Å²) in [5.41, 5.74) is 1.96. The number of hydrogen-bond acceptors (Lipinski definition) is 3. The molecule has 1 aliphatic carbocycles. The van der Waals surface area contributed by atoms with Gasteiger partial charge in [-0.25, -0.2) is 0 Å². The van der Waals surface area contributed by atoms with E-state index in [0.29, 0.717) is 5.92 Å². The normalized spacial score (nSPS) is 22.3. The fraction of sp³-hybridized carbons (Fsp3) is 0.533. The maximum absolute atomic E-state index is 10.8. The Bertz CT molecular complexity index is 441. The molecule has 0 aromatic heterocycles. The zero-order valence-electron chi connectivity index (χ0n) is 11.2. The molecule has 1 aromatic carbocycles. The molecule has 1 aliphatic rings. The van der Waals surface area contributed by atoms with E-state index in [1.165, 1.54) is 0 Å². The number of hydrogen-bond donors (Lipinski definition) is 2. The number of aliphatic hydroxyl groups excluding tert-OH is 1. The lowest BCUT2D eigenvalue weighted by Crippen LogP contribution is -2.36. The van der Waals surface area contributed by atoms with Gasteiger partial charge in [-0.1, -0.05) is 24.3 Å². The molecule has 0 amide bonds. The number of rotatable bonds is 6. The Hall–Kier alpha value is -1.39. The van der Waals surface area contributed by atoms with Gasteiger partial charge in [-0.05, 0) is 36.9 Å². The first-order valence-corrected chi connectivity index (χ1v) is 6.69. The molecule has 0 spiro atoms. The van der Waals surface area contributed by atoms with E-state index in [0.717, 1.165) is 37.1 Å². The lowest BCUT2D eigenvalue weighted by molar-refractivity contribution is -0.136. The molecule has 2 N–H and O–H groups in total. The lowest BCUT2D eigenvalue weighted by atomic mass is 9.82. The average Bonchev–Trinajstić information content (AvgIpc) is 2.29. The summed E-state index contributed by atoms with van der Waals surface area (Å²) in [5, 5.41) is 18.2. The fourth-order valence-electron chi connectivity index (χ4n) is 2.69. The third-order valence-corrected chi connectivity index (χ3v) is 3.68. The van der Waals surface area contributed by atoms with Crippen molar-refractivity contribution in [2.75, 3.05) is 13.6 Å². The van der Waals surface area contributed by atoms with Crippen LogP contribution in [0.5, 0.6) is 0 Å². The van der Waals surface area contributed by atoms with E-state index in [2.05, 4.69) is 4.90 Å². The minimum Gasteiger partial charge on any atom is -0.481 e. The first-order chi connectivity index (χ1) is 9.04. The maximum atomic E-state index is 10.8. The zero-order valence-corrected chi connectivity index (χ0v) is 11.2. The molecule has 0 radical (unpaired) electrons. The Balaban J connectivity index is 1.92. The topological polar surface area (TPSA) is 60.8 Å². The second-order valence-electron chi connectivity index (χ2n) is 5.53. The highest BCUT2D eigenvalue weighted by Gasteiger charge is 2.27. The van der Waals surface area contributed by atoms with Gasteiger partial charge in [0, 0.05) is 13.1 Å². The van der Waals surface area contributed by atoms with E-state index >= 15 is 0 Å². The van der Waals surface area contributed by atoms with Crippen molar-refractivity contribution in [3.8, 4) is 0 Å². The molecule has 0 heterocycles. The van der Waals surface area contributed by atoms with E-state index in [9.17, 15) is 9.90 Å². The van der Waals surface area contributed by atoms with Crippen LogP contribution in [0, 0.1) is 5.92 Å². The van der Waals surface area contributed by atoms with Crippen LogP contribution in [-0.4, -0.2) is 40.8 Å². The van der Waals surface area contributed by atoms with E-state index in [4.69, 9.17) is 5.11 Å². The summed E-state index contributed by atoms with van der Waals surface area (Å²) in [4.78, 5) is 13.0. The smallest absolute Gasteiger partial charge is 0.307 e. The molecule has 0 aliphatic heterocycles. The van der Waals surface area contributed by atoms with E-state index in [1.54, 1.807) is 0 Å². The summed E-state index contributed by atoms with van der Waals surface area (Å²) in [6.07, 6.45) is 1.74. The van der Waals surface area contributed by atoms with Gasteiger partial charge in [-0.15, -0.1) is 0 Å². The Morgan fingerprint density at radius 1 is 1.32 bits per heavy atom. The highest BCUT2D eigenvalue weighted by molar-refractivity contribution is 5.70. The van der Waals surface area contributed by atoms with Gasteiger partial charge >= 0.3 is 5.97 Å². The van der Waals surface area contributed by atoms with Crippen molar-refractivity contribution in [2.24, 2.45) is 5.92 Å². The van der Waals surface area contributed by atoms with Crippen molar-refractivity contribution >= 4 is 5.97 Å². The molecular formula is C15H21NO3. The van der Waals surface area contributed by atoms with Gasteiger partial charge in [0.25, 0.3) is 0 Å². The lowest BCUT2D eigenvalue weighted by Gasteiger charge is -2.34. The first-order valence-electron chi connectivity index (χ1n) is 6.69. The zero-order chi connectivity index (χ0) is 13.8. The van der Waals surface area contributed by atoms with Gasteiger partial charge in [0.1, 0.15) is 0 Å². The van der Waals surface area contributed by atoms with Gasteiger partial charge in [-0.2, -0.15) is 0 Å². The summed E-state index contributed by atoms with van der Waals surface area (Å²) in [5.74, 6) is -0.219. The molecule has 104 valence electrons. The molecule has 0 unspecified atom stereocenters. The van der Waals surface area contributed by atoms with Crippen LogP contribution in [-0.2, 0) is 17.8 Å². The van der Waals surface area contributed by atoms with Crippen LogP contribution in [0.2, 0.25) is 0 Å². The molecule has 1 saturated carbocycles. The highest BCUT2D eigenvalue weighted by Crippen LogP contribution is 2.28. The summed E-state index contributed by atoms with van der Waals surface area (Å²) >= 11 is 0. The van der Waals surface area contributed by atoms with Crippen molar-refractivity contribution in [3.63, 3.8) is 0 Å². The number of nitrogens with zero attached hydrogens (tertiary/aromatic N) is 1. The summed E-state index contributed by atoms with van der Waals surface area (Å²) in [6.45, 7) is 1.72. The number of carboxylic acid groups (broad SMARTS) is 1. The number of benzene rings is 1. The molecule has 0 saturated heterocycles. The van der Waals surface area contributed by atoms with Gasteiger partial charge < -0.3 is 15.1 Å². The molecule has 19 heavy (non-hydrogen) atoms. The van der Waals surface area contributed by atoms with E-state index in [-0.39, 0.29) is 12.5 Å². The molecule has 4 heteroatoms. The summed E-state index contributed by atoms with van der Waals surface area (Å²) < 4.78 is 0. The van der Waals surface area contributed by atoms with Gasteiger partial charge in [-0.3, -0.25) is 4.79 Å². The minimum absolute atomic E-state index is 0.0756. The molecule has 4 nitrogen and oxygen atoms in total. The second-order valence-corrected chi connectivity index (χ2v) is 5.53. The predicted octanol–water partition coefficient (Wildman–Crippen LogP) is 1.52. The summed E-state index contributed by atoms with van der Waals surface area (Å²) in [6, 6.07) is 7.69. The van der Waals surface area contributed by atoms with Crippen molar-refractivity contribution in [1.82, 2.24) is 4.90 Å². The molecule has 0 atom stereocenters. The third-order valence-electron chi connectivity index (χ3n) is 3.68. The van der Waals surface area contributed by atoms with E-state index < -0.39 is 5.97 Å². The molecule has 0 bridgehead atoms. The van der Waals surface area contributed by atoms with E-state index in [1.807, 2.05) is 31.3 Å². The van der Waals surface area contributed by atoms with Crippen LogP contribution in [0.3, 0.4) is 0 Å². The van der Waals surface area contributed by atoms with Crippen molar-refractivity contribution in [3.05, 3.63) is 35.4 Å².